The molecule has 0 aromatic carbocycles. The number of aryl methyl sites for hydroxylation is 1. The molecule has 1 aromatic rings. The summed E-state index contributed by atoms with van der Waals surface area (Å²) in [5.41, 5.74) is -0.496. The van der Waals surface area contributed by atoms with Gasteiger partial charge in [-0.2, -0.15) is 0 Å². The number of nitrogens with zero attached hydrogens (tertiary/aromatic N) is 1. The highest BCUT2D eigenvalue weighted by Gasteiger charge is 2.32. The van der Waals surface area contributed by atoms with E-state index in [0.717, 1.165) is 32.4 Å². The van der Waals surface area contributed by atoms with Crippen LogP contribution in [0.25, 0.3) is 0 Å². The zero-order valence-electron chi connectivity index (χ0n) is 9.49. The van der Waals surface area contributed by atoms with Crippen LogP contribution in [-0.4, -0.2) is 35.7 Å². The van der Waals surface area contributed by atoms with Crippen LogP contribution in [0.5, 0.6) is 0 Å². The highest BCUT2D eigenvalue weighted by atomic mass is 32.1. The Kier molecular flexibility index (Phi) is 3.14. The van der Waals surface area contributed by atoms with Crippen molar-refractivity contribution in [2.45, 2.75) is 31.8 Å². The molecule has 3 heteroatoms. The van der Waals surface area contributed by atoms with E-state index in [1.54, 1.807) is 11.3 Å². The standard InChI is InChI=1S/C12H19NOS/c1-10-4-5-11(15-10)8-12(14)6-3-7-13(2)9-12/h4-5,14H,3,6-9H2,1-2H3. The summed E-state index contributed by atoms with van der Waals surface area (Å²) in [5.74, 6) is 0. The van der Waals surface area contributed by atoms with Gasteiger partial charge in [0.05, 0.1) is 5.60 Å². The van der Waals surface area contributed by atoms with Gasteiger partial charge in [-0.1, -0.05) is 0 Å². The molecule has 1 aliphatic heterocycles. The fraction of sp³-hybridized carbons (Fsp3) is 0.667. The number of aliphatic hydroxyl groups is 1. The first-order valence-electron chi connectivity index (χ1n) is 5.54. The molecule has 1 aliphatic rings. The average molecular weight is 225 g/mol. The number of rotatable bonds is 2. The van der Waals surface area contributed by atoms with E-state index in [-0.39, 0.29) is 0 Å². The van der Waals surface area contributed by atoms with Crippen molar-refractivity contribution >= 4 is 11.3 Å². The molecule has 0 aliphatic carbocycles. The smallest absolute Gasteiger partial charge is 0.0822 e. The summed E-state index contributed by atoms with van der Waals surface area (Å²) in [6, 6.07) is 4.28. The van der Waals surface area contributed by atoms with Gasteiger partial charge in [0, 0.05) is 22.7 Å². The molecule has 1 aromatic heterocycles. The van der Waals surface area contributed by atoms with Crippen molar-refractivity contribution in [1.82, 2.24) is 4.90 Å². The second kappa shape index (κ2) is 4.24. The van der Waals surface area contributed by atoms with E-state index < -0.39 is 5.60 Å². The maximum Gasteiger partial charge on any atom is 0.0822 e. The van der Waals surface area contributed by atoms with E-state index >= 15 is 0 Å². The summed E-state index contributed by atoms with van der Waals surface area (Å²) in [7, 11) is 2.09. The molecule has 0 bridgehead atoms. The molecule has 84 valence electrons. The molecule has 0 spiro atoms. The quantitative estimate of drug-likeness (QED) is 0.833. The molecular weight excluding hydrogens is 206 g/mol. The van der Waals surface area contributed by atoms with E-state index in [0.29, 0.717) is 0 Å². The Hall–Kier alpha value is -0.380. The lowest BCUT2D eigenvalue weighted by Gasteiger charge is -2.37. The van der Waals surface area contributed by atoms with Crippen LogP contribution in [0.4, 0.5) is 0 Å². The molecule has 15 heavy (non-hydrogen) atoms. The van der Waals surface area contributed by atoms with Crippen molar-refractivity contribution in [2.75, 3.05) is 20.1 Å². The molecule has 2 rings (SSSR count). The number of hydrogen-bond acceptors (Lipinski definition) is 3. The van der Waals surface area contributed by atoms with Gasteiger partial charge in [-0.3, -0.25) is 0 Å². The minimum absolute atomic E-state index is 0.496. The first-order valence-corrected chi connectivity index (χ1v) is 6.35. The monoisotopic (exact) mass is 225 g/mol. The van der Waals surface area contributed by atoms with Gasteiger partial charge in [0.15, 0.2) is 0 Å². The summed E-state index contributed by atoms with van der Waals surface area (Å²) in [5, 5.41) is 10.5. The van der Waals surface area contributed by atoms with E-state index in [1.165, 1.54) is 9.75 Å². The molecule has 1 saturated heterocycles. The van der Waals surface area contributed by atoms with Gasteiger partial charge in [0.25, 0.3) is 0 Å². The predicted molar refractivity (Wildman–Crippen MR) is 64.4 cm³/mol. The Morgan fingerprint density at radius 2 is 2.33 bits per heavy atom. The van der Waals surface area contributed by atoms with Crippen LogP contribution < -0.4 is 0 Å². The lowest BCUT2D eigenvalue weighted by molar-refractivity contribution is -0.0218. The first-order chi connectivity index (χ1) is 7.07. The van der Waals surface area contributed by atoms with E-state index in [1.807, 2.05) is 0 Å². The number of thiophene rings is 1. The number of likely N-dealkylation sites (N-methyl/N-ethyl adjacent to an activating group) is 1. The summed E-state index contributed by atoms with van der Waals surface area (Å²) in [6.07, 6.45) is 2.86. The van der Waals surface area contributed by atoms with E-state index in [2.05, 4.69) is 31.0 Å². The number of hydrogen-bond donors (Lipinski definition) is 1. The van der Waals surface area contributed by atoms with Gasteiger partial charge in [0.2, 0.25) is 0 Å². The normalized spacial score (nSPS) is 28.2. The van der Waals surface area contributed by atoms with Crippen molar-refractivity contribution in [1.29, 1.82) is 0 Å². The zero-order valence-corrected chi connectivity index (χ0v) is 10.3. The molecule has 2 nitrogen and oxygen atoms in total. The lowest BCUT2D eigenvalue weighted by atomic mass is 9.89. The van der Waals surface area contributed by atoms with Crippen molar-refractivity contribution in [2.24, 2.45) is 0 Å². The van der Waals surface area contributed by atoms with Crippen LogP contribution in [0, 0.1) is 6.92 Å². The highest BCUT2D eigenvalue weighted by molar-refractivity contribution is 7.11. The molecule has 0 radical (unpaired) electrons. The third kappa shape index (κ3) is 2.80. The van der Waals surface area contributed by atoms with Crippen LogP contribution in [0.2, 0.25) is 0 Å². The highest BCUT2D eigenvalue weighted by Crippen LogP contribution is 2.27. The molecule has 1 fully saturated rings. The van der Waals surface area contributed by atoms with Crippen molar-refractivity contribution in [3.05, 3.63) is 21.9 Å². The second-order valence-electron chi connectivity index (χ2n) is 4.75. The second-order valence-corrected chi connectivity index (χ2v) is 6.13. The Morgan fingerprint density at radius 3 is 2.93 bits per heavy atom. The maximum absolute atomic E-state index is 10.5. The van der Waals surface area contributed by atoms with E-state index in [4.69, 9.17) is 0 Å². The average Bonchev–Trinajstić information content (AvgIpc) is 2.49. The van der Waals surface area contributed by atoms with Crippen molar-refractivity contribution in [3.63, 3.8) is 0 Å². The van der Waals surface area contributed by atoms with E-state index in [9.17, 15) is 5.11 Å². The topological polar surface area (TPSA) is 23.5 Å². The number of likely N-dealkylation sites (tertiary alicyclic amines) is 1. The van der Waals surface area contributed by atoms with Crippen molar-refractivity contribution < 1.29 is 5.11 Å². The summed E-state index contributed by atoms with van der Waals surface area (Å²) in [4.78, 5) is 4.87. The van der Waals surface area contributed by atoms with Gasteiger partial charge in [0.1, 0.15) is 0 Å². The third-order valence-electron chi connectivity index (χ3n) is 3.05. The van der Waals surface area contributed by atoms with Crippen LogP contribution in [0.15, 0.2) is 12.1 Å². The number of piperidine rings is 1. The summed E-state index contributed by atoms with van der Waals surface area (Å²) in [6.45, 7) is 4.04. The first kappa shape index (κ1) is 11.1. The third-order valence-corrected chi connectivity index (χ3v) is 4.05. The van der Waals surface area contributed by atoms with Crippen molar-refractivity contribution in [3.8, 4) is 0 Å². The van der Waals surface area contributed by atoms with Gasteiger partial charge < -0.3 is 10.0 Å². The maximum atomic E-state index is 10.5. The lowest BCUT2D eigenvalue weighted by Crippen LogP contribution is -2.47. The minimum atomic E-state index is -0.496. The van der Waals surface area contributed by atoms with Crippen LogP contribution in [0.1, 0.15) is 22.6 Å². The largest absolute Gasteiger partial charge is 0.388 e. The van der Waals surface area contributed by atoms with Crippen LogP contribution in [0.3, 0.4) is 0 Å². The van der Waals surface area contributed by atoms with Gasteiger partial charge in [-0.05, 0) is 45.5 Å². The van der Waals surface area contributed by atoms with Gasteiger partial charge >= 0.3 is 0 Å². The summed E-state index contributed by atoms with van der Waals surface area (Å²) < 4.78 is 0. The minimum Gasteiger partial charge on any atom is -0.388 e. The zero-order chi connectivity index (χ0) is 10.9. The molecule has 2 heterocycles. The Bertz CT molecular complexity index is 336. The van der Waals surface area contributed by atoms with Gasteiger partial charge in [-0.15, -0.1) is 11.3 Å². The SMILES string of the molecule is Cc1ccc(CC2(O)CCCN(C)C2)s1. The molecular formula is C12H19NOS. The Labute approximate surface area is 95.5 Å². The Balaban J connectivity index is 2.03. The molecule has 1 unspecified atom stereocenters. The number of β-amino-alcohol motifs (C(OH)–C–C–N with tert-alkyl or cyclic N) is 1. The molecule has 1 N–H and O–H groups in total. The van der Waals surface area contributed by atoms with Gasteiger partial charge in [-0.25, -0.2) is 0 Å². The molecule has 0 saturated carbocycles. The Morgan fingerprint density at radius 1 is 1.53 bits per heavy atom. The fourth-order valence-electron chi connectivity index (χ4n) is 2.39. The summed E-state index contributed by atoms with van der Waals surface area (Å²) >= 11 is 1.80. The fourth-order valence-corrected chi connectivity index (χ4v) is 3.41. The van der Waals surface area contributed by atoms with Crippen LogP contribution >= 0.6 is 11.3 Å². The predicted octanol–water partition coefficient (Wildman–Crippen LogP) is 2.06. The molecule has 1 atom stereocenters. The van der Waals surface area contributed by atoms with Crippen LogP contribution in [-0.2, 0) is 6.42 Å². The molecule has 0 amide bonds.